The number of ether oxygens (including phenoxy) is 2. The Morgan fingerprint density at radius 2 is 2.04 bits per heavy atom. The fraction of sp³-hybridized carbons (Fsp3) is 0.619. The van der Waals surface area contributed by atoms with E-state index in [0.717, 1.165) is 43.4 Å². The van der Waals surface area contributed by atoms with Crippen molar-refractivity contribution in [1.82, 2.24) is 0 Å². The van der Waals surface area contributed by atoms with Gasteiger partial charge in [-0.2, -0.15) is 0 Å². The van der Waals surface area contributed by atoms with Crippen LogP contribution in [0.4, 0.5) is 0 Å². The summed E-state index contributed by atoms with van der Waals surface area (Å²) in [5.41, 5.74) is 4.39. The van der Waals surface area contributed by atoms with E-state index >= 15 is 0 Å². The first-order chi connectivity index (χ1) is 11.8. The minimum Gasteiger partial charge on any atom is -0.469 e. The molecule has 1 saturated carbocycles. The molecule has 1 heterocycles. The third-order valence-electron chi connectivity index (χ3n) is 7.23. The van der Waals surface area contributed by atoms with Gasteiger partial charge in [0.15, 0.2) is 0 Å². The summed E-state index contributed by atoms with van der Waals surface area (Å²) >= 11 is 0. The summed E-state index contributed by atoms with van der Waals surface area (Å²) < 4.78 is 10.6. The Kier molecular flexibility index (Phi) is 3.54. The molecule has 0 radical (unpaired) electrons. The number of rotatable bonds is 1. The van der Waals surface area contributed by atoms with Crippen molar-refractivity contribution in [3.05, 3.63) is 28.3 Å². The van der Waals surface area contributed by atoms with Crippen molar-refractivity contribution in [3.8, 4) is 5.75 Å². The highest BCUT2D eigenvalue weighted by molar-refractivity contribution is 5.83. The summed E-state index contributed by atoms with van der Waals surface area (Å²) in [6.07, 6.45) is 5.28. The number of methoxy groups -OCH3 is 1. The zero-order chi connectivity index (χ0) is 18.0. The first-order valence-electron chi connectivity index (χ1n) is 9.26. The van der Waals surface area contributed by atoms with E-state index in [2.05, 4.69) is 26.8 Å². The van der Waals surface area contributed by atoms with Gasteiger partial charge < -0.3 is 9.47 Å². The topological polar surface area (TPSA) is 52.6 Å². The Labute approximate surface area is 148 Å². The minimum atomic E-state index is -0.441. The van der Waals surface area contributed by atoms with E-state index < -0.39 is 5.41 Å². The SMILES string of the molecule is COC(=O)C1(C)CCCC2(C)c3cc4c(c(C)c3CCC12)CC(=O)O4. The fourth-order valence-electron chi connectivity index (χ4n) is 5.92. The molecule has 1 aromatic carbocycles. The van der Waals surface area contributed by atoms with Crippen LogP contribution in [0, 0.1) is 18.3 Å². The lowest BCUT2D eigenvalue weighted by molar-refractivity contribution is -0.161. The van der Waals surface area contributed by atoms with Crippen molar-refractivity contribution in [2.24, 2.45) is 11.3 Å². The number of hydrogen-bond acceptors (Lipinski definition) is 4. The molecule has 0 bridgehead atoms. The van der Waals surface area contributed by atoms with E-state index in [1.807, 2.05) is 0 Å². The molecule has 0 N–H and O–H groups in total. The first kappa shape index (κ1) is 16.6. The third kappa shape index (κ3) is 2.12. The molecular weight excluding hydrogens is 316 g/mol. The molecule has 3 atom stereocenters. The fourth-order valence-corrected chi connectivity index (χ4v) is 5.92. The molecule has 1 aromatic rings. The van der Waals surface area contributed by atoms with E-state index in [-0.39, 0.29) is 23.3 Å². The van der Waals surface area contributed by atoms with Gasteiger partial charge in [0.25, 0.3) is 0 Å². The second-order valence-electron chi connectivity index (χ2n) is 8.43. The van der Waals surface area contributed by atoms with Crippen LogP contribution >= 0.6 is 0 Å². The Hall–Kier alpha value is -1.84. The van der Waals surface area contributed by atoms with Crippen molar-refractivity contribution in [3.63, 3.8) is 0 Å². The van der Waals surface area contributed by atoms with E-state index in [1.165, 1.54) is 23.8 Å². The third-order valence-corrected chi connectivity index (χ3v) is 7.23. The van der Waals surface area contributed by atoms with Crippen LogP contribution in [0.25, 0.3) is 0 Å². The van der Waals surface area contributed by atoms with Gasteiger partial charge in [0.1, 0.15) is 5.75 Å². The average Bonchev–Trinajstić information content (AvgIpc) is 2.95. The average molecular weight is 342 g/mol. The summed E-state index contributed by atoms with van der Waals surface area (Å²) in [6.45, 7) is 6.48. The molecule has 0 aromatic heterocycles. The van der Waals surface area contributed by atoms with Crippen LogP contribution in [0.2, 0.25) is 0 Å². The Morgan fingerprint density at radius 1 is 1.28 bits per heavy atom. The maximum atomic E-state index is 12.6. The molecule has 3 aliphatic rings. The maximum Gasteiger partial charge on any atom is 0.315 e. The van der Waals surface area contributed by atoms with Gasteiger partial charge in [0.05, 0.1) is 18.9 Å². The standard InChI is InChI=1S/C21H26O4/c1-12-13-6-7-17-20(2,8-5-9-21(17,3)19(23)24-4)15(13)11-16-14(12)10-18(22)25-16/h11,17H,5-10H2,1-4H3. The molecule has 134 valence electrons. The number of benzene rings is 1. The second kappa shape index (κ2) is 5.33. The summed E-state index contributed by atoms with van der Waals surface area (Å²) in [7, 11) is 1.49. The molecule has 4 nitrogen and oxygen atoms in total. The van der Waals surface area contributed by atoms with Crippen LogP contribution in [0.15, 0.2) is 6.07 Å². The van der Waals surface area contributed by atoms with Gasteiger partial charge in [-0.05, 0) is 73.6 Å². The highest BCUT2D eigenvalue weighted by Gasteiger charge is 2.56. The van der Waals surface area contributed by atoms with Gasteiger partial charge >= 0.3 is 11.9 Å². The molecule has 4 rings (SSSR count). The van der Waals surface area contributed by atoms with Crippen LogP contribution in [0.5, 0.6) is 5.75 Å². The Balaban J connectivity index is 1.86. The van der Waals surface area contributed by atoms with Gasteiger partial charge in [-0.15, -0.1) is 0 Å². The van der Waals surface area contributed by atoms with Crippen LogP contribution < -0.4 is 4.74 Å². The second-order valence-corrected chi connectivity index (χ2v) is 8.43. The van der Waals surface area contributed by atoms with Crippen molar-refractivity contribution in [2.45, 2.75) is 64.7 Å². The molecular formula is C21H26O4. The van der Waals surface area contributed by atoms with Crippen molar-refractivity contribution < 1.29 is 19.1 Å². The summed E-state index contributed by atoms with van der Waals surface area (Å²) in [5, 5.41) is 0. The van der Waals surface area contributed by atoms with E-state index in [4.69, 9.17) is 9.47 Å². The Bertz CT molecular complexity index is 781. The lowest BCUT2D eigenvalue weighted by atomic mass is 9.49. The van der Waals surface area contributed by atoms with Crippen molar-refractivity contribution >= 4 is 11.9 Å². The zero-order valence-electron chi connectivity index (χ0n) is 15.5. The first-order valence-corrected chi connectivity index (χ1v) is 9.26. The Morgan fingerprint density at radius 3 is 2.76 bits per heavy atom. The lowest BCUT2D eigenvalue weighted by Crippen LogP contribution is -2.52. The van der Waals surface area contributed by atoms with E-state index in [9.17, 15) is 9.59 Å². The van der Waals surface area contributed by atoms with E-state index in [1.54, 1.807) is 0 Å². The number of esters is 2. The van der Waals surface area contributed by atoms with Gasteiger partial charge in [0.2, 0.25) is 0 Å². The monoisotopic (exact) mass is 342 g/mol. The summed E-state index contributed by atoms with van der Waals surface area (Å²) in [4.78, 5) is 24.4. The van der Waals surface area contributed by atoms with Crippen LogP contribution in [-0.2, 0) is 32.6 Å². The molecule has 0 saturated heterocycles. The quantitative estimate of drug-likeness (QED) is 0.577. The zero-order valence-corrected chi connectivity index (χ0v) is 15.5. The van der Waals surface area contributed by atoms with Crippen LogP contribution in [-0.4, -0.2) is 19.0 Å². The number of hydrogen-bond donors (Lipinski definition) is 0. The normalized spacial score (nSPS) is 33.1. The van der Waals surface area contributed by atoms with Crippen LogP contribution in [0.1, 0.15) is 61.8 Å². The van der Waals surface area contributed by atoms with Crippen molar-refractivity contribution in [1.29, 1.82) is 0 Å². The largest absolute Gasteiger partial charge is 0.469 e. The molecule has 1 fully saturated rings. The molecule has 0 amide bonds. The number of carbonyl (C=O) groups excluding carboxylic acids is 2. The lowest BCUT2D eigenvalue weighted by Gasteiger charge is -2.54. The molecule has 2 aliphatic carbocycles. The summed E-state index contributed by atoms with van der Waals surface area (Å²) in [5.74, 6) is 0.734. The number of fused-ring (bicyclic) bond motifs is 4. The van der Waals surface area contributed by atoms with Gasteiger partial charge in [-0.1, -0.05) is 13.3 Å². The number of carbonyl (C=O) groups is 2. The van der Waals surface area contributed by atoms with E-state index in [0.29, 0.717) is 6.42 Å². The molecule has 25 heavy (non-hydrogen) atoms. The molecule has 3 unspecified atom stereocenters. The van der Waals surface area contributed by atoms with Crippen LogP contribution in [0.3, 0.4) is 0 Å². The smallest absolute Gasteiger partial charge is 0.315 e. The van der Waals surface area contributed by atoms with Gasteiger partial charge in [0, 0.05) is 5.56 Å². The highest BCUT2D eigenvalue weighted by atomic mass is 16.5. The van der Waals surface area contributed by atoms with Gasteiger partial charge in [-0.25, -0.2) is 0 Å². The predicted molar refractivity (Wildman–Crippen MR) is 93.7 cm³/mol. The predicted octanol–water partition coefficient (Wildman–Crippen LogP) is 3.64. The van der Waals surface area contributed by atoms with Gasteiger partial charge in [-0.3, -0.25) is 9.59 Å². The molecule has 4 heteroatoms. The molecule has 0 spiro atoms. The molecule has 1 aliphatic heterocycles. The minimum absolute atomic E-state index is 0.0798. The highest BCUT2D eigenvalue weighted by Crippen LogP contribution is 2.58. The summed E-state index contributed by atoms with van der Waals surface area (Å²) in [6, 6.07) is 2.09. The maximum absolute atomic E-state index is 12.6. The van der Waals surface area contributed by atoms with Crippen molar-refractivity contribution in [2.75, 3.05) is 7.11 Å².